The maximum atomic E-state index is 5.73. The van der Waals surface area contributed by atoms with Gasteiger partial charge in [0.1, 0.15) is 31.9 Å². The Labute approximate surface area is 161 Å². The lowest BCUT2D eigenvalue weighted by atomic mass is 9.95. The third-order valence-corrected chi connectivity index (χ3v) is 6.30. The van der Waals surface area contributed by atoms with Gasteiger partial charge in [-0.15, -0.1) is 5.10 Å². The lowest BCUT2D eigenvalue weighted by Gasteiger charge is -2.34. The smallest absolute Gasteiger partial charge is 0.214 e. The summed E-state index contributed by atoms with van der Waals surface area (Å²) in [6, 6.07) is 8.91. The average molecular weight is 373 g/mol. The van der Waals surface area contributed by atoms with Crippen molar-refractivity contribution in [2.75, 3.05) is 40.3 Å². The molecule has 146 valence electrons. The zero-order valence-corrected chi connectivity index (χ0v) is 16.5. The van der Waals surface area contributed by atoms with Gasteiger partial charge in [0, 0.05) is 0 Å². The average Bonchev–Trinajstić information content (AvgIpc) is 3.20. The molecule has 1 saturated carbocycles. The summed E-state index contributed by atoms with van der Waals surface area (Å²) < 4.78 is 7.86. The summed E-state index contributed by atoms with van der Waals surface area (Å²) in [7, 11) is 4.03. The Bertz CT molecular complexity index is 734. The molecule has 0 unspecified atom stereocenters. The minimum absolute atomic E-state index is 0.117. The Morgan fingerprint density at radius 1 is 1.07 bits per heavy atom. The molecule has 27 heavy (non-hydrogen) atoms. The Kier molecular flexibility index (Phi) is 5.69. The van der Waals surface area contributed by atoms with Gasteiger partial charge in [0.15, 0.2) is 6.04 Å². The van der Waals surface area contributed by atoms with Crippen molar-refractivity contribution in [3.8, 4) is 5.75 Å². The second-order valence-electron chi connectivity index (χ2n) is 8.06. The van der Waals surface area contributed by atoms with Crippen molar-refractivity contribution in [2.45, 2.75) is 44.2 Å². The van der Waals surface area contributed by atoms with Crippen LogP contribution in [0.5, 0.6) is 5.75 Å². The Morgan fingerprint density at radius 3 is 2.56 bits per heavy atom. The number of piperazine rings is 1. The second-order valence-corrected chi connectivity index (χ2v) is 8.06. The number of benzene rings is 1. The van der Waals surface area contributed by atoms with E-state index in [0.29, 0.717) is 6.04 Å². The first-order chi connectivity index (χ1) is 13.3. The third-order valence-electron chi connectivity index (χ3n) is 6.30. The highest BCUT2D eigenvalue weighted by Crippen LogP contribution is 2.32. The summed E-state index contributed by atoms with van der Waals surface area (Å²) in [6.45, 7) is 4.58. The number of nitrogens with zero attached hydrogens (tertiary/aromatic N) is 4. The molecule has 0 radical (unpaired) electrons. The van der Waals surface area contributed by atoms with E-state index in [-0.39, 0.29) is 6.04 Å². The molecule has 1 aliphatic heterocycles. The minimum Gasteiger partial charge on any atom is -0.496 e. The molecule has 7 heteroatoms. The molecule has 1 aromatic carbocycles. The fraction of sp³-hybridized carbons (Fsp3) is 0.650. The van der Waals surface area contributed by atoms with Gasteiger partial charge in [0.05, 0.1) is 25.8 Å². The van der Waals surface area contributed by atoms with Crippen LogP contribution in [0, 0.1) is 0 Å². The molecule has 1 atom stereocenters. The molecule has 0 bridgehead atoms. The molecular weight excluding hydrogens is 340 g/mol. The SMILES string of the molecule is COc1ccccc1[C@@H](c1nnnn1C1CCCCC1)[NH+]1CC[NH+](C)CC1. The van der Waals surface area contributed by atoms with E-state index in [9.17, 15) is 0 Å². The molecule has 7 nitrogen and oxygen atoms in total. The van der Waals surface area contributed by atoms with Crippen molar-refractivity contribution >= 4 is 0 Å². The monoisotopic (exact) mass is 372 g/mol. The van der Waals surface area contributed by atoms with E-state index >= 15 is 0 Å². The van der Waals surface area contributed by atoms with Gasteiger partial charge in [-0.25, -0.2) is 4.68 Å². The zero-order chi connectivity index (χ0) is 18.6. The third kappa shape index (κ3) is 3.84. The number of rotatable bonds is 5. The van der Waals surface area contributed by atoms with Crippen LogP contribution in [-0.4, -0.2) is 60.5 Å². The number of quaternary nitrogens is 2. The standard InChI is InChI=1S/C20H30N6O/c1-24-12-14-25(15-13-24)19(17-10-6-7-11-18(17)27-2)20-21-22-23-26(20)16-8-4-3-5-9-16/h6-7,10-11,16,19H,3-5,8-9,12-15H2,1-2H3/p+2/t19-/m0/s1. The van der Waals surface area contributed by atoms with Gasteiger partial charge in [0.25, 0.3) is 0 Å². The second kappa shape index (κ2) is 8.35. The first-order valence-corrected chi connectivity index (χ1v) is 10.3. The predicted octanol–water partition coefficient (Wildman–Crippen LogP) is -0.310. The van der Waals surface area contributed by atoms with Gasteiger partial charge in [-0.05, 0) is 35.4 Å². The van der Waals surface area contributed by atoms with E-state index in [1.165, 1.54) is 55.7 Å². The number of para-hydroxylation sites is 1. The van der Waals surface area contributed by atoms with Crippen molar-refractivity contribution in [3.05, 3.63) is 35.7 Å². The number of likely N-dealkylation sites (N-methyl/N-ethyl adjacent to an activating group) is 1. The van der Waals surface area contributed by atoms with Crippen LogP contribution in [0.2, 0.25) is 0 Å². The van der Waals surface area contributed by atoms with Gasteiger partial charge >= 0.3 is 0 Å². The quantitative estimate of drug-likeness (QED) is 0.756. The van der Waals surface area contributed by atoms with Crippen LogP contribution in [0.1, 0.15) is 55.6 Å². The van der Waals surface area contributed by atoms with Gasteiger partial charge in [0.2, 0.25) is 5.82 Å². The Hall–Kier alpha value is -1.99. The summed E-state index contributed by atoms with van der Waals surface area (Å²) >= 11 is 0. The largest absolute Gasteiger partial charge is 0.496 e. The van der Waals surface area contributed by atoms with E-state index in [4.69, 9.17) is 4.74 Å². The summed E-state index contributed by atoms with van der Waals surface area (Å²) in [5, 5.41) is 13.1. The first kappa shape index (κ1) is 18.4. The van der Waals surface area contributed by atoms with Crippen LogP contribution < -0.4 is 14.5 Å². The molecule has 2 heterocycles. The van der Waals surface area contributed by atoms with Crippen molar-refractivity contribution in [3.63, 3.8) is 0 Å². The lowest BCUT2D eigenvalue weighted by Crippen LogP contribution is -3.27. The number of aromatic nitrogens is 4. The van der Waals surface area contributed by atoms with Gasteiger partial charge in [-0.3, -0.25) is 0 Å². The number of tetrazole rings is 1. The van der Waals surface area contributed by atoms with Gasteiger partial charge < -0.3 is 14.5 Å². The van der Waals surface area contributed by atoms with E-state index < -0.39 is 0 Å². The zero-order valence-electron chi connectivity index (χ0n) is 16.5. The van der Waals surface area contributed by atoms with Crippen LogP contribution in [0.4, 0.5) is 0 Å². The van der Waals surface area contributed by atoms with Crippen LogP contribution >= 0.6 is 0 Å². The van der Waals surface area contributed by atoms with Crippen molar-refractivity contribution in [1.82, 2.24) is 20.2 Å². The highest BCUT2D eigenvalue weighted by Gasteiger charge is 2.37. The number of hydrogen-bond acceptors (Lipinski definition) is 4. The topological polar surface area (TPSA) is 61.7 Å². The maximum absolute atomic E-state index is 5.73. The van der Waals surface area contributed by atoms with Crippen molar-refractivity contribution in [2.24, 2.45) is 0 Å². The van der Waals surface area contributed by atoms with E-state index in [2.05, 4.69) is 45.5 Å². The molecule has 0 spiro atoms. The molecule has 0 amide bonds. The molecule has 2 fully saturated rings. The molecule has 4 rings (SSSR count). The Balaban J connectivity index is 1.73. The first-order valence-electron chi connectivity index (χ1n) is 10.3. The van der Waals surface area contributed by atoms with Crippen molar-refractivity contribution in [1.29, 1.82) is 0 Å². The predicted molar refractivity (Wildman–Crippen MR) is 102 cm³/mol. The number of hydrogen-bond donors (Lipinski definition) is 2. The minimum atomic E-state index is 0.117. The summed E-state index contributed by atoms with van der Waals surface area (Å²) in [5.41, 5.74) is 1.20. The molecule has 1 aromatic heterocycles. The molecule has 1 saturated heterocycles. The molecule has 2 aliphatic rings. The van der Waals surface area contributed by atoms with Crippen LogP contribution in [0.3, 0.4) is 0 Å². The summed E-state index contributed by atoms with van der Waals surface area (Å²) in [5.74, 6) is 1.93. The van der Waals surface area contributed by atoms with Crippen molar-refractivity contribution < 1.29 is 14.5 Å². The van der Waals surface area contributed by atoms with Gasteiger partial charge in [-0.2, -0.15) is 0 Å². The number of ether oxygens (including phenoxy) is 1. The highest BCUT2D eigenvalue weighted by atomic mass is 16.5. The lowest BCUT2D eigenvalue weighted by molar-refractivity contribution is -1.02. The van der Waals surface area contributed by atoms with E-state index in [1.54, 1.807) is 12.0 Å². The van der Waals surface area contributed by atoms with Gasteiger partial charge in [-0.1, -0.05) is 31.4 Å². The summed E-state index contributed by atoms with van der Waals surface area (Å²) in [6.07, 6.45) is 6.23. The Morgan fingerprint density at radius 2 is 1.81 bits per heavy atom. The number of nitrogens with one attached hydrogen (secondary N) is 2. The normalized spacial score (nSPS) is 25.3. The van der Waals surface area contributed by atoms with E-state index in [1.807, 2.05) is 6.07 Å². The highest BCUT2D eigenvalue weighted by molar-refractivity contribution is 5.37. The molecule has 2 aromatic rings. The molecule has 2 N–H and O–H groups in total. The molecule has 1 aliphatic carbocycles. The van der Waals surface area contributed by atoms with Crippen LogP contribution in [0.15, 0.2) is 24.3 Å². The fourth-order valence-corrected chi connectivity index (χ4v) is 4.71. The van der Waals surface area contributed by atoms with E-state index in [0.717, 1.165) is 24.7 Å². The van der Waals surface area contributed by atoms with Crippen LogP contribution in [-0.2, 0) is 0 Å². The fourth-order valence-electron chi connectivity index (χ4n) is 4.71. The van der Waals surface area contributed by atoms with Crippen LogP contribution in [0.25, 0.3) is 0 Å². The number of methoxy groups -OCH3 is 1. The molecular formula is C20H32N6O+2. The summed E-state index contributed by atoms with van der Waals surface area (Å²) in [4.78, 5) is 3.14. The maximum Gasteiger partial charge on any atom is 0.214 e.